The van der Waals surface area contributed by atoms with Crippen LogP contribution < -0.4 is 15.5 Å². The van der Waals surface area contributed by atoms with Crippen molar-refractivity contribution in [3.63, 3.8) is 0 Å². The van der Waals surface area contributed by atoms with E-state index in [-0.39, 0.29) is 32.7 Å². The van der Waals surface area contributed by atoms with Gasteiger partial charge in [0.25, 0.3) is 11.6 Å². The third kappa shape index (κ3) is 3.09. The average Bonchev–Trinajstić information content (AvgIpc) is 3.24. The highest BCUT2D eigenvalue weighted by molar-refractivity contribution is 6.38. The zero-order chi connectivity index (χ0) is 20.9. The highest BCUT2D eigenvalue weighted by Gasteiger charge is 2.55. The van der Waals surface area contributed by atoms with E-state index in [1.165, 1.54) is 42.5 Å². The second kappa shape index (κ2) is 7.03. The summed E-state index contributed by atoms with van der Waals surface area (Å²) in [6.07, 6.45) is -1.24. The molecule has 0 radical (unpaired) electrons. The Labute approximate surface area is 173 Å². The molecule has 148 valence electrons. The van der Waals surface area contributed by atoms with E-state index in [4.69, 9.17) is 28.0 Å². The molecule has 2 amide bonds. The SMILES string of the molecule is O=C1C2ONC(=C([O-])c3ccc([N+](=O)[O-])cc3)C2C(=O)N1c1cc(Cl)ccc1Cl. The van der Waals surface area contributed by atoms with Crippen molar-refractivity contribution in [2.24, 2.45) is 5.92 Å². The van der Waals surface area contributed by atoms with Gasteiger partial charge in [-0.2, -0.15) is 0 Å². The fraction of sp³-hybridized carbons (Fsp3) is 0.111. The van der Waals surface area contributed by atoms with Gasteiger partial charge >= 0.3 is 0 Å². The summed E-state index contributed by atoms with van der Waals surface area (Å²) < 4.78 is 0. The maximum absolute atomic E-state index is 13.0. The summed E-state index contributed by atoms with van der Waals surface area (Å²) in [4.78, 5) is 41.9. The lowest BCUT2D eigenvalue weighted by Gasteiger charge is -2.21. The van der Waals surface area contributed by atoms with Crippen molar-refractivity contribution >= 4 is 52.2 Å². The molecular weight excluding hydrogens is 425 g/mol. The number of halogens is 2. The molecule has 4 rings (SSSR count). The summed E-state index contributed by atoms with van der Waals surface area (Å²) in [5.41, 5.74) is 2.23. The first-order chi connectivity index (χ1) is 13.8. The van der Waals surface area contributed by atoms with Gasteiger partial charge in [0.1, 0.15) is 5.92 Å². The van der Waals surface area contributed by atoms with Crippen molar-refractivity contribution < 1.29 is 24.5 Å². The summed E-state index contributed by atoms with van der Waals surface area (Å²) in [6, 6.07) is 9.17. The lowest BCUT2D eigenvalue weighted by atomic mass is 9.99. The fourth-order valence-electron chi connectivity index (χ4n) is 3.20. The smallest absolute Gasteiger partial charge is 0.269 e. The maximum Gasteiger partial charge on any atom is 0.269 e. The largest absolute Gasteiger partial charge is 0.871 e. The first kappa shape index (κ1) is 19.2. The molecule has 2 aliphatic heterocycles. The summed E-state index contributed by atoms with van der Waals surface area (Å²) in [5.74, 6) is -3.20. The lowest BCUT2D eigenvalue weighted by molar-refractivity contribution is -0.384. The number of carbonyl (C=O) groups excluding carboxylic acids is 2. The highest BCUT2D eigenvalue weighted by atomic mass is 35.5. The molecule has 11 heteroatoms. The van der Waals surface area contributed by atoms with Gasteiger partial charge in [-0.15, -0.1) is 0 Å². The second-order valence-electron chi connectivity index (χ2n) is 6.27. The van der Waals surface area contributed by atoms with Crippen molar-refractivity contribution in [3.8, 4) is 0 Å². The van der Waals surface area contributed by atoms with Crippen molar-refractivity contribution in [3.05, 3.63) is 73.9 Å². The molecule has 2 heterocycles. The zero-order valence-electron chi connectivity index (χ0n) is 14.3. The van der Waals surface area contributed by atoms with Gasteiger partial charge in [0.2, 0.25) is 5.91 Å². The van der Waals surface area contributed by atoms with Crippen LogP contribution in [0.1, 0.15) is 5.56 Å². The predicted octanol–water partition coefficient (Wildman–Crippen LogP) is 2.02. The summed E-state index contributed by atoms with van der Waals surface area (Å²) in [7, 11) is 0. The van der Waals surface area contributed by atoms with Crippen molar-refractivity contribution in [1.82, 2.24) is 5.48 Å². The van der Waals surface area contributed by atoms with E-state index >= 15 is 0 Å². The molecule has 2 atom stereocenters. The van der Waals surface area contributed by atoms with Crippen LogP contribution in [0.25, 0.3) is 5.76 Å². The molecule has 0 saturated carbocycles. The Balaban J connectivity index is 1.72. The van der Waals surface area contributed by atoms with Crippen LogP contribution in [0.2, 0.25) is 10.0 Å². The Kier molecular flexibility index (Phi) is 4.65. The molecule has 9 nitrogen and oxygen atoms in total. The van der Waals surface area contributed by atoms with Gasteiger partial charge < -0.3 is 5.11 Å². The average molecular weight is 435 g/mol. The number of nitro benzene ring substituents is 1. The summed E-state index contributed by atoms with van der Waals surface area (Å²) in [5, 5.41) is 24.0. The van der Waals surface area contributed by atoms with E-state index in [1.54, 1.807) is 0 Å². The topological polar surface area (TPSA) is 125 Å². The molecule has 1 N–H and O–H groups in total. The van der Waals surface area contributed by atoms with Gasteiger partial charge in [-0.1, -0.05) is 29.0 Å². The van der Waals surface area contributed by atoms with Crippen molar-refractivity contribution in [2.75, 3.05) is 4.90 Å². The number of nitrogens with zero attached hydrogens (tertiary/aromatic N) is 2. The third-order valence-corrected chi connectivity index (χ3v) is 5.15. The van der Waals surface area contributed by atoms with Gasteiger partial charge in [-0.3, -0.25) is 30.0 Å². The molecule has 2 aromatic rings. The number of nitrogens with one attached hydrogen (secondary N) is 1. The number of amides is 2. The Morgan fingerprint density at radius 1 is 1.10 bits per heavy atom. The zero-order valence-corrected chi connectivity index (χ0v) is 15.8. The lowest BCUT2D eigenvalue weighted by Crippen LogP contribution is -2.35. The molecule has 29 heavy (non-hydrogen) atoms. The molecule has 2 saturated heterocycles. The molecule has 2 unspecified atom stereocenters. The quantitative estimate of drug-likeness (QED) is 0.339. The molecule has 2 aliphatic rings. The van der Waals surface area contributed by atoms with Crippen LogP contribution in [0.3, 0.4) is 0 Å². The number of fused-ring (bicyclic) bond motifs is 1. The van der Waals surface area contributed by atoms with E-state index in [0.717, 1.165) is 4.90 Å². The first-order valence-corrected chi connectivity index (χ1v) is 8.95. The van der Waals surface area contributed by atoms with Crippen LogP contribution in [0.5, 0.6) is 0 Å². The highest BCUT2D eigenvalue weighted by Crippen LogP contribution is 2.40. The summed E-state index contributed by atoms with van der Waals surface area (Å²) >= 11 is 12.1. The number of carbonyl (C=O) groups is 2. The fourth-order valence-corrected chi connectivity index (χ4v) is 3.57. The Bertz CT molecular complexity index is 1090. The van der Waals surface area contributed by atoms with Crippen LogP contribution in [0.15, 0.2) is 48.2 Å². The maximum atomic E-state index is 13.0. The second-order valence-corrected chi connectivity index (χ2v) is 7.12. The molecule has 2 aromatic carbocycles. The van der Waals surface area contributed by atoms with Gasteiger partial charge in [0.15, 0.2) is 6.10 Å². The van der Waals surface area contributed by atoms with Gasteiger partial charge in [-0.25, -0.2) is 4.90 Å². The molecule has 0 aliphatic carbocycles. The number of nitro groups is 1. The standard InChI is InChI=1S/C18H11Cl2N3O6/c19-9-3-6-11(20)12(7-9)22-17(25)13-14(21-29-16(13)18(22)26)15(24)8-1-4-10(5-2-8)23(27)28/h1-7,13,16,21,24H/p-1. The van der Waals surface area contributed by atoms with Crippen LogP contribution in [0, 0.1) is 16.0 Å². The van der Waals surface area contributed by atoms with E-state index in [2.05, 4.69) is 5.48 Å². The predicted molar refractivity (Wildman–Crippen MR) is 100 cm³/mol. The Hall–Kier alpha value is -3.14. The molecule has 2 fully saturated rings. The van der Waals surface area contributed by atoms with Gasteiger partial charge in [0.05, 0.1) is 15.6 Å². The number of rotatable bonds is 3. The molecular formula is C18H10Cl2N3O6-. The number of imide groups is 1. The van der Waals surface area contributed by atoms with E-state index in [9.17, 15) is 24.8 Å². The van der Waals surface area contributed by atoms with E-state index < -0.39 is 34.5 Å². The van der Waals surface area contributed by atoms with E-state index in [0.29, 0.717) is 0 Å². The minimum atomic E-state index is -1.24. The van der Waals surface area contributed by atoms with E-state index in [1.807, 2.05) is 0 Å². The summed E-state index contributed by atoms with van der Waals surface area (Å²) in [6.45, 7) is 0. The third-order valence-electron chi connectivity index (χ3n) is 4.59. The number of benzene rings is 2. The Morgan fingerprint density at radius 2 is 1.79 bits per heavy atom. The molecule has 0 aromatic heterocycles. The first-order valence-electron chi connectivity index (χ1n) is 8.20. The van der Waals surface area contributed by atoms with Crippen molar-refractivity contribution in [1.29, 1.82) is 0 Å². The number of hydrogen-bond donors (Lipinski definition) is 1. The monoisotopic (exact) mass is 434 g/mol. The van der Waals surface area contributed by atoms with Crippen LogP contribution in [-0.2, 0) is 14.4 Å². The minimum absolute atomic E-state index is 0.0919. The van der Waals surface area contributed by atoms with Crippen LogP contribution >= 0.6 is 23.2 Å². The molecule has 0 spiro atoms. The molecule has 0 bridgehead atoms. The number of non-ortho nitro benzene ring substituents is 1. The normalized spacial score (nSPS) is 22.5. The minimum Gasteiger partial charge on any atom is -0.871 e. The number of hydrogen-bond acceptors (Lipinski definition) is 7. The Morgan fingerprint density at radius 3 is 2.45 bits per heavy atom. The number of hydroxylamine groups is 1. The van der Waals surface area contributed by atoms with Crippen molar-refractivity contribution in [2.45, 2.75) is 6.10 Å². The van der Waals surface area contributed by atoms with Gasteiger partial charge in [-0.05, 0) is 35.9 Å². The van der Waals surface area contributed by atoms with Gasteiger partial charge in [0, 0.05) is 22.9 Å². The van der Waals surface area contributed by atoms with Crippen LogP contribution in [-0.4, -0.2) is 22.8 Å². The number of anilines is 1. The van der Waals surface area contributed by atoms with Crippen LogP contribution in [0.4, 0.5) is 11.4 Å².